The van der Waals surface area contributed by atoms with Gasteiger partial charge in [-0.3, -0.25) is 9.59 Å². The quantitative estimate of drug-likeness (QED) is 0.733. The van der Waals surface area contributed by atoms with E-state index in [1.54, 1.807) is 31.3 Å². The SMILES string of the molecule is CNCCC(=O)Nc1ccccc1C(=O)NC(C)c1ccccc1. The molecule has 0 aliphatic rings. The highest BCUT2D eigenvalue weighted by molar-refractivity contribution is 6.03. The molecule has 2 amide bonds. The number of rotatable bonds is 7. The normalized spacial score (nSPS) is 11.6. The fraction of sp³-hybridized carbons (Fsp3) is 0.263. The van der Waals surface area contributed by atoms with E-state index in [-0.39, 0.29) is 17.9 Å². The number of amides is 2. The molecule has 2 aromatic carbocycles. The minimum atomic E-state index is -0.212. The Hall–Kier alpha value is -2.66. The molecule has 0 fully saturated rings. The summed E-state index contributed by atoms with van der Waals surface area (Å²) < 4.78 is 0. The molecule has 0 spiro atoms. The molecule has 126 valence electrons. The van der Waals surface area contributed by atoms with Crippen LogP contribution in [0.2, 0.25) is 0 Å². The predicted octanol–water partition coefficient (Wildman–Crippen LogP) is 2.73. The third kappa shape index (κ3) is 4.93. The van der Waals surface area contributed by atoms with Gasteiger partial charge < -0.3 is 16.0 Å². The first-order valence-corrected chi connectivity index (χ1v) is 8.01. The number of carbonyl (C=O) groups excluding carboxylic acids is 2. The number of hydrogen-bond acceptors (Lipinski definition) is 3. The third-order valence-corrected chi connectivity index (χ3v) is 3.70. The van der Waals surface area contributed by atoms with Crippen molar-refractivity contribution in [2.45, 2.75) is 19.4 Å². The Balaban J connectivity index is 2.08. The van der Waals surface area contributed by atoms with Crippen LogP contribution in [-0.4, -0.2) is 25.4 Å². The van der Waals surface area contributed by atoms with Crippen LogP contribution in [0.15, 0.2) is 54.6 Å². The van der Waals surface area contributed by atoms with E-state index in [4.69, 9.17) is 0 Å². The molecule has 0 aliphatic heterocycles. The van der Waals surface area contributed by atoms with Crippen LogP contribution in [0.3, 0.4) is 0 Å². The molecule has 2 aromatic rings. The summed E-state index contributed by atoms with van der Waals surface area (Å²) >= 11 is 0. The summed E-state index contributed by atoms with van der Waals surface area (Å²) in [5.41, 5.74) is 2.01. The predicted molar refractivity (Wildman–Crippen MR) is 95.9 cm³/mol. The van der Waals surface area contributed by atoms with Gasteiger partial charge in [-0.15, -0.1) is 0 Å². The molecular formula is C19H23N3O2. The van der Waals surface area contributed by atoms with E-state index in [0.717, 1.165) is 5.56 Å². The second kappa shape index (κ2) is 8.84. The molecule has 0 saturated carbocycles. The second-order valence-electron chi connectivity index (χ2n) is 5.55. The highest BCUT2D eigenvalue weighted by atomic mass is 16.2. The highest BCUT2D eigenvalue weighted by Crippen LogP contribution is 2.18. The van der Waals surface area contributed by atoms with Crippen LogP contribution < -0.4 is 16.0 Å². The van der Waals surface area contributed by atoms with E-state index >= 15 is 0 Å². The van der Waals surface area contributed by atoms with Crippen molar-refractivity contribution in [2.75, 3.05) is 18.9 Å². The number of hydrogen-bond donors (Lipinski definition) is 3. The minimum absolute atomic E-state index is 0.119. The van der Waals surface area contributed by atoms with Gasteiger partial charge in [0.1, 0.15) is 0 Å². The molecule has 3 N–H and O–H groups in total. The van der Waals surface area contributed by atoms with E-state index in [1.807, 2.05) is 37.3 Å². The van der Waals surface area contributed by atoms with E-state index in [9.17, 15) is 9.59 Å². The number of benzene rings is 2. The fourth-order valence-electron chi connectivity index (χ4n) is 2.34. The minimum Gasteiger partial charge on any atom is -0.345 e. The Morgan fingerprint density at radius 2 is 1.67 bits per heavy atom. The molecule has 0 saturated heterocycles. The van der Waals surface area contributed by atoms with Gasteiger partial charge >= 0.3 is 0 Å². The van der Waals surface area contributed by atoms with E-state index in [2.05, 4.69) is 16.0 Å². The Morgan fingerprint density at radius 3 is 2.38 bits per heavy atom. The zero-order valence-electron chi connectivity index (χ0n) is 14.0. The first-order chi connectivity index (χ1) is 11.6. The van der Waals surface area contributed by atoms with Crippen molar-refractivity contribution in [2.24, 2.45) is 0 Å². The Morgan fingerprint density at radius 1 is 1.00 bits per heavy atom. The average molecular weight is 325 g/mol. The van der Waals surface area contributed by atoms with Gasteiger partial charge in [0.05, 0.1) is 17.3 Å². The zero-order valence-corrected chi connectivity index (χ0v) is 14.0. The van der Waals surface area contributed by atoms with Crippen LogP contribution >= 0.6 is 0 Å². The number of carbonyl (C=O) groups is 2. The molecule has 0 aliphatic carbocycles. The fourth-order valence-corrected chi connectivity index (χ4v) is 2.34. The van der Waals surface area contributed by atoms with Crippen molar-refractivity contribution in [3.8, 4) is 0 Å². The van der Waals surface area contributed by atoms with Crippen molar-refractivity contribution >= 4 is 17.5 Å². The molecule has 0 radical (unpaired) electrons. The summed E-state index contributed by atoms with van der Waals surface area (Å²) in [6.45, 7) is 2.52. The molecule has 5 nitrogen and oxygen atoms in total. The van der Waals surface area contributed by atoms with Crippen molar-refractivity contribution in [1.82, 2.24) is 10.6 Å². The monoisotopic (exact) mass is 325 g/mol. The maximum atomic E-state index is 12.6. The van der Waals surface area contributed by atoms with Crippen molar-refractivity contribution < 1.29 is 9.59 Å². The van der Waals surface area contributed by atoms with E-state index < -0.39 is 0 Å². The molecular weight excluding hydrogens is 302 g/mol. The lowest BCUT2D eigenvalue weighted by atomic mass is 10.1. The lowest BCUT2D eigenvalue weighted by molar-refractivity contribution is -0.116. The van der Waals surface area contributed by atoms with Crippen LogP contribution in [0.1, 0.15) is 35.3 Å². The lowest BCUT2D eigenvalue weighted by Gasteiger charge is -2.16. The Labute approximate surface area is 142 Å². The van der Waals surface area contributed by atoms with E-state index in [1.165, 1.54) is 0 Å². The van der Waals surface area contributed by atoms with Crippen LogP contribution in [0, 0.1) is 0 Å². The summed E-state index contributed by atoms with van der Waals surface area (Å²) in [5.74, 6) is -0.337. The van der Waals surface area contributed by atoms with Gasteiger partial charge in [0, 0.05) is 13.0 Å². The zero-order chi connectivity index (χ0) is 17.4. The molecule has 1 unspecified atom stereocenters. The maximum absolute atomic E-state index is 12.6. The summed E-state index contributed by atoms with van der Waals surface area (Å²) in [5, 5.41) is 8.69. The van der Waals surface area contributed by atoms with Gasteiger partial charge in [-0.1, -0.05) is 42.5 Å². The van der Waals surface area contributed by atoms with Gasteiger partial charge in [-0.2, -0.15) is 0 Å². The van der Waals surface area contributed by atoms with Crippen molar-refractivity contribution in [3.05, 3.63) is 65.7 Å². The topological polar surface area (TPSA) is 70.2 Å². The summed E-state index contributed by atoms with van der Waals surface area (Å²) in [4.78, 5) is 24.5. The maximum Gasteiger partial charge on any atom is 0.253 e. The molecule has 5 heteroatoms. The molecule has 2 rings (SSSR count). The van der Waals surface area contributed by atoms with Crippen LogP contribution in [-0.2, 0) is 4.79 Å². The van der Waals surface area contributed by atoms with Crippen LogP contribution in [0.5, 0.6) is 0 Å². The number of nitrogens with one attached hydrogen (secondary N) is 3. The highest BCUT2D eigenvalue weighted by Gasteiger charge is 2.15. The molecule has 24 heavy (non-hydrogen) atoms. The third-order valence-electron chi connectivity index (χ3n) is 3.70. The molecule has 0 aromatic heterocycles. The van der Waals surface area contributed by atoms with E-state index in [0.29, 0.717) is 24.2 Å². The summed E-state index contributed by atoms with van der Waals surface area (Å²) in [6.07, 6.45) is 0.354. The summed E-state index contributed by atoms with van der Waals surface area (Å²) in [6, 6.07) is 16.7. The van der Waals surface area contributed by atoms with Crippen LogP contribution in [0.4, 0.5) is 5.69 Å². The van der Waals surface area contributed by atoms with Gasteiger partial charge in [-0.25, -0.2) is 0 Å². The average Bonchev–Trinajstić information content (AvgIpc) is 2.61. The summed E-state index contributed by atoms with van der Waals surface area (Å²) in [7, 11) is 1.79. The van der Waals surface area contributed by atoms with Gasteiger partial charge in [-0.05, 0) is 31.7 Å². The second-order valence-corrected chi connectivity index (χ2v) is 5.55. The smallest absolute Gasteiger partial charge is 0.253 e. The first kappa shape index (κ1) is 17.7. The largest absolute Gasteiger partial charge is 0.345 e. The molecule has 1 atom stereocenters. The number of anilines is 1. The van der Waals surface area contributed by atoms with Crippen molar-refractivity contribution in [1.29, 1.82) is 0 Å². The number of para-hydroxylation sites is 1. The molecule has 0 bridgehead atoms. The lowest BCUT2D eigenvalue weighted by Crippen LogP contribution is -2.28. The van der Waals surface area contributed by atoms with Crippen LogP contribution in [0.25, 0.3) is 0 Å². The molecule has 0 heterocycles. The van der Waals surface area contributed by atoms with Crippen molar-refractivity contribution in [3.63, 3.8) is 0 Å². The van der Waals surface area contributed by atoms with Gasteiger partial charge in [0.2, 0.25) is 5.91 Å². The first-order valence-electron chi connectivity index (χ1n) is 8.01. The Bertz CT molecular complexity index is 686. The van der Waals surface area contributed by atoms with Gasteiger partial charge in [0.15, 0.2) is 0 Å². The van der Waals surface area contributed by atoms with Gasteiger partial charge in [0.25, 0.3) is 5.91 Å². The standard InChI is InChI=1S/C19H23N3O2/c1-14(15-8-4-3-5-9-15)21-19(24)16-10-6-7-11-17(16)22-18(23)12-13-20-2/h3-11,14,20H,12-13H2,1-2H3,(H,21,24)(H,22,23). The Kier molecular flexibility index (Phi) is 6.51.